The Hall–Kier alpha value is -3.15. The van der Waals surface area contributed by atoms with Gasteiger partial charge in [0, 0.05) is 16.6 Å². The van der Waals surface area contributed by atoms with Crippen molar-refractivity contribution in [2.45, 2.75) is 13.8 Å². The number of ether oxygens (including phenoxy) is 1. The molecule has 6 heteroatoms. The van der Waals surface area contributed by atoms with Gasteiger partial charge in [0.25, 0.3) is 5.91 Å². The molecule has 5 nitrogen and oxygen atoms in total. The number of furan rings is 1. The Balaban J connectivity index is 1.91. The molecule has 0 saturated carbocycles. The summed E-state index contributed by atoms with van der Waals surface area (Å²) in [7, 11) is 0. The van der Waals surface area contributed by atoms with Gasteiger partial charge in [0.1, 0.15) is 11.4 Å². The lowest BCUT2D eigenvalue weighted by atomic mass is 10.1. The highest BCUT2D eigenvalue weighted by molar-refractivity contribution is 6.05. The van der Waals surface area contributed by atoms with Gasteiger partial charge >= 0.3 is 5.97 Å². The SMILES string of the molecule is CCOC(=O)c1oc2ccc(NC(=O)c3ccccc3F)cc2c1C. The zero-order chi connectivity index (χ0) is 18.0. The molecule has 0 saturated heterocycles. The highest BCUT2D eigenvalue weighted by Crippen LogP contribution is 2.28. The summed E-state index contributed by atoms with van der Waals surface area (Å²) in [5.41, 5.74) is 1.55. The maximum absolute atomic E-state index is 13.7. The molecule has 0 spiro atoms. The highest BCUT2D eigenvalue weighted by atomic mass is 19.1. The molecule has 128 valence electrons. The van der Waals surface area contributed by atoms with Crippen molar-refractivity contribution in [3.63, 3.8) is 0 Å². The average Bonchev–Trinajstić information content (AvgIpc) is 2.92. The molecule has 0 radical (unpaired) electrons. The number of amides is 1. The third kappa shape index (κ3) is 3.24. The molecule has 0 atom stereocenters. The predicted molar refractivity (Wildman–Crippen MR) is 91.3 cm³/mol. The van der Waals surface area contributed by atoms with Crippen molar-refractivity contribution >= 4 is 28.5 Å². The molecule has 0 aliphatic heterocycles. The molecule has 0 unspecified atom stereocenters. The van der Waals surface area contributed by atoms with Crippen molar-refractivity contribution < 1.29 is 23.1 Å². The Morgan fingerprint density at radius 2 is 1.96 bits per heavy atom. The second kappa shape index (κ2) is 6.76. The van der Waals surface area contributed by atoms with Crippen molar-refractivity contribution in [2.24, 2.45) is 0 Å². The number of nitrogens with one attached hydrogen (secondary N) is 1. The molecule has 1 amide bonds. The van der Waals surface area contributed by atoms with Gasteiger partial charge in [0.05, 0.1) is 12.2 Å². The normalized spacial score (nSPS) is 10.7. The quantitative estimate of drug-likeness (QED) is 0.718. The lowest BCUT2D eigenvalue weighted by Crippen LogP contribution is -2.13. The second-order valence-electron chi connectivity index (χ2n) is 5.42. The van der Waals surface area contributed by atoms with Gasteiger partial charge in [0.15, 0.2) is 0 Å². The molecule has 2 aromatic carbocycles. The van der Waals surface area contributed by atoms with Crippen molar-refractivity contribution in [2.75, 3.05) is 11.9 Å². The van der Waals surface area contributed by atoms with Crippen molar-refractivity contribution in [3.8, 4) is 0 Å². The lowest BCUT2D eigenvalue weighted by molar-refractivity contribution is 0.0491. The zero-order valence-electron chi connectivity index (χ0n) is 13.8. The van der Waals surface area contributed by atoms with E-state index in [4.69, 9.17) is 9.15 Å². The molecule has 0 aliphatic carbocycles. The van der Waals surface area contributed by atoms with E-state index in [-0.39, 0.29) is 17.9 Å². The first-order valence-corrected chi connectivity index (χ1v) is 7.77. The number of benzene rings is 2. The Morgan fingerprint density at radius 1 is 1.20 bits per heavy atom. The van der Waals surface area contributed by atoms with E-state index in [1.165, 1.54) is 18.2 Å². The van der Waals surface area contributed by atoms with E-state index in [0.29, 0.717) is 22.2 Å². The topological polar surface area (TPSA) is 68.5 Å². The maximum atomic E-state index is 13.7. The molecule has 0 fully saturated rings. The minimum absolute atomic E-state index is 0.0428. The van der Waals surface area contributed by atoms with Crippen LogP contribution in [0.4, 0.5) is 10.1 Å². The number of fused-ring (bicyclic) bond motifs is 1. The van der Waals surface area contributed by atoms with Gasteiger partial charge in [-0.2, -0.15) is 0 Å². The zero-order valence-corrected chi connectivity index (χ0v) is 13.8. The Kier molecular flexibility index (Phi) is 4.52. The predicted octanol–water partition coefficient (Wildman–Crippen LogP) is 4.31. The molecule has 0 bridgehead atoms. The summed E-state index contributed by atoms with van der Waals surface area (Å²) in [6, 6.07) is 10.7. The van der Waals surface area contributed by atoms with Gasteiger partial charge in [-0.25, -0.2) is 9.18 Å². The Labute approximate surface area is 143 Å². The first-order chi connectivity index (χ1) is 12.0. The second-order valence-corrected chi connectivity index (χ2v) is 5.42. The molecule has 3 aromatic rings. The number of anilines is 1. The number of esters is 1. The fourth-order valence-electron chi connectivity index (χ4n) is 2.53. The van der Waals surface area contributed by atoms with Gasteiger partial charge in [-0.1, -0.05) is 12.1 Å². The summed E-state index contributed by atoms with van der Waals surface area (Å²) in [6.07, 6.45) is 0. The van der Waals surface area contributed by atoms with Crippen LogP contribution in [0.1, 0.15) is 33.4 Å². The molecule has 0 aliphatic rings. The van der Waals surface area contributed by atoms with E-state index in [2.05, 4.69) is 5.32 Å². The van der Waals surface area contributed by atoms with E-state index < -0.39 is 17.7 Å². The van der Waals surface area contributed by atoms with E-state index in [9.17, 15) is 14.0 Å². The van der Waals surface area contributed by atoms with Crippen LogP contribution >= 0.6 is 0 Å². The van der Waals surface area contributed by atoms with Crippen LogP contribution in [0.2, 0.25) is 0 Å². The minimum atomic E-state index is -0.592. The van der Waals surface area contributed by atoms with E-state index in [1.807, 2.05) is 0 Å². The van der Waals surface area contributed by atoms with Crippen LogP contribution in [0.25, 0.3) is 11.0 Å². The fourth-order valence-corrected chi connectivity index (χ4v) is 2.53. The van der Waals surface area contributed by atoms with Crippen LogP contribution < -0.4 is 5.32 Å². The first-order valence-electron chi connectivity index (χ1n) is 7.77. The van der Waals surface area contributed by atoms with Gasteiger partial charge in [0.2, 0.25) is 5.76 Å². The number of carbonyl (C=O) groups excluding carboxylic acids is 2. The third-order valence-corrected chi connectivity index (χ3v) is 3.77. The Morgan fingerprint density at radius 3 is 2.68 bits per heavy atom. The van der Waals surface area contributed by atoms with Gasteiger partial charge in [-0.05, 0) is 44.2 Å². The smallest absolute Gasteiger partial charge is 0.374 e. The highest BCUT2D eigenvalue weighted by Gasteiger charge is 2.19. The monoisotopic (exact) mass is 341 g/mol. The number of hydrogen-bond donors (Lipinski definition) is 1. The van der Waals surface area contributed by atoms with Gasteiger partial charge in [-0.15, -0.1) is 0 Å². The van der Waals surface area contributed by atoms with Crippen LogP contribution in [0.15, 0.2) is 46.9 Å². The van der Waals surface area contributed by atoms with E-state index in [0.717, 1.165) is 0 Å². The largest absolute Gasteiger partial charge is 0.460 e. The average molecular weight is 341 g/mol. The van der Waals surface area contributed by atoms with Crippen molar-refractivity contribution in [1.82, 2.24) is 0 Å². The van der Waals surface area contributed by atoms with Crippen LogP contribution in [0.5, 0.6) is 0 Å². The van der Waals surface area contributed by atoms with Gasteiger partial charge < -0.3 is 14.5 Å². The molecular formula is C19H16FNO4. The van der Waals surface area contributed by atoms with Crippen LogP contribution in [-0.4, -0.2) is 18.5 Å². The number of rotatable bonds is 4. The van der Waals surface area contributed by atoms with Crippen LogP contribution in [0.3, 0.4) is 0 Å². The number of hydrogen-bond acceptors (Lipinski definition) is 4. The molecule has 1 aromatic heterocycles. The Bertz CT molecular complexity index is 961. The van der Waals surface area contributed by atoms with E-state index in [1.54, 1.807) is 38.1 Å². The molecule has 1 N–H and O–H groups in total. The summed E-state index contributed by atoms with van der Waals surface area (Å²) >= 11 is 0. The van der Waals surface area contributed by atoms with Crippen LogP contribution in [0, 0.1) is 12.7 Å². The molecule has 3 rings (SSSR count). The number of carbonyl (C=O) groups is 2. The molecular weight excluding hydrogens is 325 g/mol. The standard InChI is InChI=1S/C19H16FNO4/c1-3-24-19(23)17-11(2)14-10-12(8-9-16(14)25-17)21-18(22)13-6-4-5-7-15(13)20/h4-10H,3H2,1-2H3,(H,21,22). The maximum Gasteiger partial charge on any atom is 0.374 e. The summed E-state index contributed by atoms with van der Waals surface area (Å²) in [5.74, 6) is -1.54. The molecule has 1 heterocycles. The number of aryl methyl sites for hydroxylation is 1. The van der Waals surface area contributed by atoms with Crippen LogP contribution in [-0.2, 0) is 4.74 Å². The first kappa shape index (κ1) is 16.7. The number of halogens is 1. The summed E-state index contributed by atoms with van der Waals surface area (Å²) in [5, 5.41) is 3.32. The summed E-state index contributed by atoms with van der Waals surface area (Å²) in [6.45, 7) is 3.70. The minimum Gasteiger partial charge on any atom is -0.460 e. The van der Waals surface area contributed by atoms with Crippen molar-refractivity contribution in [3.05, 3.63) is 65.2 Å². The van der Waals surface area contributed by atoms with Crippen molar-refractivity contribution in [1.29, 1.82) is 0 Å². The summed E-state index contributed by atoms with van der Waals surface area (Å²) in [4.78, 5) is 24.1. The van der Waals surface area contributed by atoms with E-state index >= 15 is 0 Å². The van der Waals surface area contributed by atoms with Gasteiger partial charge in [-0.3, -0.25) is 4.79 Å². The summed E-state index contributed by atoms with van der Waals surface area (Å²) < 4.78 is 24.2. The molecule has 25 heavy (non-hydrogen) atoms. The lowest BCUT2D eigenvalue weighted by Gasteiger charge is -2.06. The third-order valence-electron chi connectivity index (χ3n) is 3.77. The fraction of sp³-hybridized carbons (Fsp3) is 0.158.